The van der Waals surface area contributed by atoms with Gasteiger partial charge in [0.05, 0.1) is 10.8 Å². The van der Waals surface area contributed by atoms with Crippen molar-refractivity contribution in [3.8, 4) is 11.5 Å². The van der Waals surface area contributed by atoms with Gasteiger partial charge in [-0.2, -0.15) is 0 Å². The molecule has 2 unspecified atom stereocenters. The number of unbranched alkanes of at least 4 members (excludes halogenated alkanes) is 1. The number of carbonyl (C=O) groups is 1. The molecule has 6 nitrogen and oxygen atoms in total. The number of primary sulfonamides is 1. The normalized spacial score (nSPS) is 13.8. The summed E-state index contributed by atoms with van der Waals surface area (Å²) in [5.74, 6) is 0.727. The fourth-order valence-electron chi connectivity index (χ4n) is 3.88. The van der Waals surface area contributed by atoms with Crippen molar-refractivity contribution in [1.29, 1.82) is 0 Å². The van der Waals surface area contributed by atoms with Gasteiger partial charge in [-0.05, 0) is 94.0 Å². The zero-order valence-electron chi connectivity index (χ0n) is 21.3. The van der Waals surface area contributed by atoms with E-state index in [2.05, 4.69) is 6.92 Å². The first kappa shape index (κ1) is 28.8. The van der Waals surface area contributed by atoms with E-state index in [1.54, 1.807) is 6.07 Å². The predicted molar refractivity (Wildman–Crippen MR) is 135 cm³/mol. The molecule has 0 aromatic heterocycles. The number of rotatable bonds is 12. The standard InChI is InChI=1S/C27H38FNO5S/c1-6-20(17-19(2)26(30)34-27(3,4)5)9-7-8-10-21-18-23(13-16-25(21)28)33-22-11-14-24(15-12-22)35(29,31)32/h11-16,18-20H,6-10,17H2,1-5H3,(H2,29,31,32). The van der Waals surface area contributed by atoms with Crippen LogP contribution in [0.4, 0.5) is 4.39 Å². The molecule has 2 aromatic carbocycles. The molecule has 2 rings (SSSR count). The number of sulfonamides is 1. The molecule has 0 fully saturated rings. The minimum Gasteiger partial charge on any atom is -0.460 e. The van der Waals surface area contributed by atoms with Gasteiger partial charge in [0.25, 0.3) is 0 Å². The van der Waals surface area contributed by atoms with E-state index in [0.29, 0.717) is 29.4 Å². The second-order valence-electron chi connectivity index (χ2n) is 10.1. The van der Waals surface area contributed by atoms with Crippen molar-refractivity contribution >= 4 is 16.0 Å². The molecule has 0 spiro atoms. The minimum absolute atomic E-state index is 0.00415. The third-order valence-electron chi connectivity index (χ3n) is 5.79. The van der Waals surface area contributed by atoms with Crippen molar-refractivity contribution in [3.63, 3.8) is 0 Å². The number of hydrogen-bond donors (Lipinski definition) is 1. The van der Waals surface area contributed by atoms with Crippen LogP contribution in [0, 0.1) is 17.7 Å². The molecule has 0 aliphatic heterocycles. The van der Waals surface area contributed by atoms with Gasteiger partial charge in [-0.1, -0.05) is 33.1 Å². The Morgan fingerprint density at radius 3 is 2.26 bits per heavy atom. The number of esters is 1. The molecule has 0 heterocycles. The van der Waals surface area contributed by atoms with Crippen molar-refractivity contribution in [1.82, 2.24) is 0 Å². The van der Waals surface area contributed by atoms with Crippen LogP contribution in [0.2, 0.25) is 0 Å². The van der Waals surface area contributed by atoms with Crippen LogP contribution in [0.25, 0.3) is 0 Å². The SMILES string of the molecule is CCC(CCCCc1cc(Oc2ccc(S(N)(=O)=O)cc2)ccc1F)CC(C)C(=O)OC(C)(C)C. The summed E-state index contributed by atoms with van der Waals surface area (Å²) in [7, 11) is -3.77. The Balaban J connectivity index is 1.87. The van der Waals surface area contributed by atoms with Crippen molar-refractivity contribution < 1.29 is 27.1 Å². The van der Waals surface area contributed by atoms with E-state index in [4.69, 9.17) is 14.6 Å². The van der Waals surface area contributed by atoms with Crippen molar-refractivity contribution in [3.05, 3.63) is 53.8 Å². The lowest BCUT2D eigenvalue weighted by molar-refractivity contribution is -0.160. The Morgan fingerprint density at radius 1 is 1.06 bits per heavy atom. The van der Waals surface area contributed by atoms with Gasteiger partial charge in [0.2, 0.25) is 10.0 Å². The Hall–Kier alpha value is -2.45. The number of hydrogen-bond acceptors (Lipinski definition) is 5. The lowest BCUT2D eigenvalue weighted by atomic mass is 9.89. The maximum Gasteiger partial charge on any atom is 0.309 e. The van der Waals surface area contributed by atoms with E-state index in [9.17, 15) is 17.6 Å². The van der Waals surface area contributed by atoms with Gasteiger partial charge >= 0.3 is 5.97 Å². The van der Waals surface area contributed by atoms with Crippen molar-refractivity contribution in [2.24, 2.45) is 17.0 Å². The van der Waals surface area contributed by atoms with E-state index < -0.39 is 15.6 Å². The first-order chi connectivity index (χ1) is 16.3. The molecule has 0 aliphatic carbocycles. The number of carbonyl (C=O) groups excluding carboxylic acids is 1. The summed E-state index contributed by atoms with van der Waals surface area (Å²) in [6.45, 7) is 9.66. The van der Waals surface area contributed by atoms with Crippen LogP contribution in [0.5, 0.6) is 11.5 Å². The van der Waals surface area contributed by atoms with Gasteiger partial charge in [0.15, 0.2) is 0 Å². The fourth-order valence-corrected chi connectivity index (χ4v) is 4.39. The first-order valence-corrected chi connectivity index (χ1v) is 13.6. The van der Waals surface area contributed by atoms with Gasteiger partial charge in [-0.25, -0.2) is 17.9 Å². The quantitative estimate of drug-likeness (QED) is 0.266. The van der Waals surface area contributed by atoms with Crippen LogP contribution in [-0.2, 0) is 26.0 Å². The Morgan fingerprint density at radius 2 is 1.69 bits per heavy atom. The topological polar surface area (TPSA) is 95.7 Å². The van der Waals surface area contributed by atoms with Gasteiger partial charge in [-0.3, -0.25) is 4.79 Å². The third kappa shape index (κ3) is 9.98. The smallest absolute Gasteiger partial charge is 0.309 e. The molecule has 2 atom stereocenters. The van der Waals surface area contributed by atoms with Crippen LogP contribution >= 0.6 is 0 Å². The molecule has 0 radical (unpaired) electrons. The summed E-state index contributed by atoms with van der Waals surface area (Å²) in [6, 6.07) is 10.3. The molecule has 0 saturated carbocycles. The second kappa shape index (κ2) is 12.5. The van der Waals surface area contributed by atoms with Crippen LogP contribution in [-0.4, -0.2) is 20.0 Å². The summed E-state index contributed by atoms with van der Waals surface area (Å²) in [5.41, 5.74) is 0.0862. The lowest BCUT2D eigenvalue weighted by Gasteiger charge is -2.24. The van der Waals surface area contributed by atoms with Crippen molar-refractivity contribution in [2.45, 2.75) is 83.6 Å². The molecule has 194 valence electrons. The first-order valence-electron chi connectivity index (χ1n) is 12.1. The molecule has 2 aromatic rings. The maximum absolute atomic E-state index is 14.4. The number of benzene rings is 2. The van der Waals surface area contributed by atoms with Gasteiger partial charge < -0.3 is 9.47 Å². The molecule has 8 heteroatoms. The monoisotopic (exact) mass is 507 g/mol. The van der Waals surface area contributed by atoms with Crippen LogP contribution in [0.15, 0.2) is 47.4 Å². The van der Waals surface area contributed by atoms with Gasteiger partial charge in [0, 0.05) is 0 Å². The Kier molecular flexibility index (Phi) is 10.3. The Bertz CT molecular complexity index is 1080. The number of aryl methyl sites for hydroxylation is 1. The zero-order chi connectivity index (χ0) is 26.2. The molecule has 0 amide bonds. The summed E-state index contributed by atoms with van der Waals surface area (Å²) in [5, 5.41) is 5.11. The number of halogens is 1. The molecule has 2 N–H and O–H groups in total. The van der Waals surface area contributed by atoms with E-state index in [1.807, 2.05) is 27.7 Å². The summed E-state index contributed by atoms with van der Waals surface area (Å²) in [4.78, 5) is 12.3. The lowest BCUT2D eigenvalue weighted by Crippen LogP contribution is -2.28. The molecule has 0 saturated heterocycles. The summed E-state index contributed by atoms with van der Waals surface area (Å²) in [6.07, 6.45) is 5.06. The Labute approximate surface area is 209 Å². The van der Waals surface area contributed by atoms with Crippen LogP contribution in [0.3, 0.4) is 0 Å². The highest BCUT2D eigenvalue weighted by Gasteiger charge is 2.24. The fraction of sp³-hybridized carbons (Fsp3) is 0.519. The van der Waals surface area contributed by atoms with E-state index in [0.717, 1.165) is 32.1 Å². The largest absolute Gasteiger partial charge is 0.460 e. The highest BCUT2D eigenvalue weighted by Crippen LogP contribution is 2.27. The van der Waals surface area contributed by atoms with E-state index >= 15 is 0 Å². The number of ether oxygens (including phenoxy) is 2. The second-order valence-corrected chi connectivity index (χ2v) is 11.6. The molecular formula is C27H38FNO5S. The van der Waals surface area contributed by atoms with E-state index in [-0.39, 0.29) is 22.6 Å². The van der Waals surface area contributed by atoms with E-state index in [1.165, 1.54) is 36.4 Å². The van der Waals surface area contributed by atoms with Crippen LogP contribution in [0.1, 0.15) is 72.3 Å². The van der Waals surface area contributed by atoms with Crippen molar-refractivity contribution in [2.75, 3.05) is 0 Å². The third-order valence-corrected chi connectivity index (χ3v) is 6.72. The molecular weight excluding hydrogens is 469 g/mol. The van der Waals surface area contributed by atoms with Crippen LogP contribution < -0.4 is 9.88 Å². The molecule has 35 heavy (non-hydrogen) atoms. The molecule has 0 bridgehead atoms. The molecule has 0 aliphatic rings. The minimum atomic E-state index is -3.77. The maximum atomic E-state index is 14.4. The predicted octanol–water partition coefficient (Wildman–Crippen LogP) is 6.37. The highest BCUT2D eigenvalue weighted by molar-refractivity contribution is 7.89. The van der Waals surface area contributed by atoms with Gasteiger partial charge in [-0.15, -0.1) is 0 Å². The average Bonchev–Trinajstić information content (AvgIpc) is 2.76. The average molecular weight is 508 g/mol. The number of nitrogens with two attached hydrogens (primary N) is 1. The van der Waals surface area contributed by atoms with Gasteiger partial charge in [0.1, 0.15) is 22.9 Å². The zero-order valence-corrected chi connectivity index (χ0v) is 22.2. The summed E-state index contributed by atoms with van der Waals surface area (Å²) >= 11 is 0. The highest BCUT2D eigenvalue weighted by atomic mass is 32.2. The summed E-state index contributed by atoms with van der Waals surface area (Å²) < 4.78 is 48.4.